The fraction of sp³-hybridized carbons (Fsp3) is 0.292. The number of para-hydroxylation sites is 2. The van der Waals surface area contributed by atoms with Gasteiger partial charge in [0.25, 0.3) is 5.91 Å². The molecule has 1 amide bonds. The Hall–Kier alpha value is -3.25. The molecule has 0 radical (unpaired) electrons. The molecule has 0 fully saturated rings. The van der Waals surface area contributed by atoms with Crippen LogP contribution in [-0.4, -0.2) is 41.5 Å². The van der Waals surface area contributed by atoms with Crippen LogP contribution in [0.1, 0.15) is 34.1 Å². The van der Waals surface area contributed by atoms with Crippen LogP contribution in [0.4, 0.5) is 5.69 Å². The second kappa shape index (κ2) is 8.24. The molecule has 1 N–H and O–H groups in total. The molecule has 2 aromatic carbocycles. The van der Waals surface area contributed by atoms with E-state index in [4.69, 9.17) is 9.72 Å². The third-order valence-electron chi connectivity index (χ3n) is 5.50. The molecule has 0 spiro atoms. The van der Waals surface area contributed by atoms with E-state index >= 15 is 0 Å². The van der Waals surface area contributed by atoms with Crippen LogP contribution >= 0.6 is 0 Å². The Labute approximate surface area is 175 Å². The number of pyridine rings is 1. The number of aromatic nitrogens is 1. The number of nitrogens with zero attached hydrogens (tertiary/aromatic N) is 2. The van der Waals surface area contributed by atoms with E-state index in [1.807, 2.05) is 62.5 Å². The van der Waals surface area contributed by atoms with Crippen molar-refractivity contribution in [3.8, 4) is 0 Å². The minimum atomic E-state index is -0.930. The fourth-order valence-corrected chi connectivity index (χ4v) is 3.78. The molecule has 1 aliphatic heterocycles. The molecule has 6 heteroatoms. The first kappa shape index (κ1) is 20.0. The molecule has 2 heterocycles. The van der Waals surface area contributed by atoms with Crippen LogP contribution in [0, 0.1) is 6.92 Å². The molecular weight excluding hydrogens is 378 g/mol. The minimum Gasteiger partial charge on any atom is -0.449 e. The van der Waals surface area contributed by atoms with Gasteiger partial charge >= 0.3 is 5.97 Å². The lowest BCUT2D eigenvalue weighted by molar-refractivity contribution is -0.123. The van der Waals surface area contributed by atoms with E-state index in [0.717, 1.165) is 40.7 Å². The molecule has 1 aliphatic rings. The number of amides is 1. The lowest BCUT2D eigenvalue weighted by atomic mass is 9.96. The Morgan fingerprint density at radius 1 is 1.13 bits per heavy atom. The molecule has 4 rings (SSSR count). The predicted octanol–water partition coefficient (Wildman–Crippen LogP) is 3.72. The summed E-state index contributed by atoms with van der Waals surface area (Å²) in [6, 6.07) is 15.1. The predicted molar refractivity (Wildman–Crippen MR) is 116 cm³/mol. The smallest absolute Gasteiger partial charge is 0.339 e. The third-order valence-corrected chi connectivity index (χ3v) is 5.50. The van der Waals surface area contributed by atoms with Crippen molar-refractivity contribution in [3.63, 3.8) is 0 Å². The summed E-state index contributed by atoms with van der Waals surface area (Å²) in [5, 5.41) is 3.59. The molecule has 3 aromatic rings. The van der Waals surface area contributed by atoms with Crippen molar-refractivity contribution in [2.45, 2.75) is 32.9 Å². The van der Waals surface area contributed by atoms with Crippen LogP contribution in [0.25, 0.3) is 10.9 Å². The van der Waals surface area contributed by atoms with Crippen LogP contribution in [-0.2, 0) is 22.5 Å². The number of likely N-dealkylation sites (N-methyl/N-ethyl adjacent to an activating group) is 1. The van der Waals surface area contributed by atoms with Crippen molar-refractivity contribution in [1.29, 1.82) is 0 Å². The SMILES string of the molecule is Cc1ccccc1NC(=O)[C@H](C)OC(=O)c1c2c(nc3ccccc13)CCN(C)C2. The summed E-state index contributed by atoms with van der Waals surface area (Å²) >= 11 is 0. The monoisotopic (exact) mass is 403 g/mol. The van der Waals surface area contributed by atoms with Crippen LogP contribution < -0.4 is 5.32 Å². The number of fused-ring (bicyclic) bond motifs is 2. The van der Waals surface area contributed by atoms with E-state index in [-0.39, 0.29) is 5.91 Å². The summed E-state index contributed by atoms with van der Waals surface area (Å²) in [4.78, 5) is 32.8. The zero-order valence-corrected chi connectivity index (χ0v) is 17.4. The third kappa shape index (κ3) is 3.91. The van der Waals surface area contributed by atoms with Crippen LogP contribution in [0.5, 0.6) is 0 Å². The van der Waals surface area contributed by atoms with Crippen molar-refractivity contribution >= 4 is 28.5 Å². The molecule has 0 aliphatic carbocycles. The molecule has 0 bridgehead atoms. The largest absolute Gasteiger partial charge is 0.449 e. The second-order valence-corrected chi connectivity index (χ2v) is 7.77. The van der Waals surface area contributed by atoms with Gasteiger partial charge in [-0.1, -0.05) is 36.4 Å². The van der Waals surface area contributed by atoms with E-state index < -0.39 is 12.1 Å². The Kier molecular flexibility index (Phi) is 5.50. The van der Waals surface area contributed by atoms with Gasteiger partial charge in [0.15, 0.2) is 6.10 Å². The first-order chi connectivity index (χ1) is 14.4. The summed E-state index contributed by atoms with van der Waals surface area (Å²) < 4.78 is 5.62. The highest BCUT2D eigenvalue weighted by Crippen LogP contribution is 2.28. The summed E-state index contributed by atoms with van der Waals surface area (Å²) in [5.41, 5.74) is 4.75. The summed E-state index contributed by atoms with van der Waals surface area (Å²) in [6.07, 6.45) is -0.152. The maximum atomic E-state index is 13.2. The van der Waals surface area contributed by atoms with Gasteiger partial charge in [0.05, 0.1) is 11.1 Å². The highest BCUT2D eigenvalue weighted by molar-refractivity contribution is 6.06. The van der Waals surface area contributed by atoms with E-state index in [1.165, 1.54) is 0 Å². The first-order valence-corrected chi connectivity index (χ1v) is 10.1. The van der Waals surface area contributed by atoms with Gasteiger partial charge in [-0.2, -0.15) is 0 Å². The van der Waals surface area contributed by atoms with Gasteiger partial charge in [0, 0.05) is 41.8 Å². The van der Waals surface area contributed by atoms with Gasteiger partial charge in [0.1, 0.15) is 0 Å². The van der Waals surface area contributed by atoms with Crippen molar-refractivity contribution in [1.82, 2.24) is 9.88 Å². The molecule has 0 saturated heterocycles. The zero-order chi connectivity index (χ0) is 21.3. The summed E-state index contributed by atoms with van der Waals surface area (Å²) in [5.74, 6) is -0.852. The number of carbonyl (C=O) groups is 2. The van der Waals surface area contributed by atoms with Crippen molar-refractivity contribution in [2.75, 3.05) is 18.9 Å². The van der Waals surface area contributed by atoms with Gasteiger partial charge in [-0.3, -0.25) is 9.78 Å². The van der Waals surface area contributed by atoms with Crippen molar-refractivity contribution in [2.24, 2.45) is 0 Å². The number of hydrogen-bond donors (Lipinski definition) is 1. The summed E-state index contributed by atoms with van der Waals surface area (Å²) in [7, 11) is 2.02. The number of aryl methyl sites for hydroxylation is 1. The van der Waals surface area contributed by atoms with E-state index in [2.05, 4.69) is 10.2 Å². The Morgan fingerprint density at radius 2 is 1.87 bits per heavy atom. The second-order valence-electron chi connectivity index (χ2n) is 7.77. The number of nitrogens with one attached hydrogen (secondary N) is 1. The van der Waals surface area contributed by atoms with Gasteiger partial charge < -0.3 is 15.0 Å². The van der Waals surface area contributed by atoms with Crippen LogP contribution in [0.15, 0.2) is 48.5 Å². The maximum absolute atomic E-state index is 13.2. The Balaban J connectivity index is 1.62. The molecule has 0 unspecified atom stereocenters. The first-order valence-electron chi connectivity index (χ1n) is 10.1. The van der Waals surface area contributed by atoms with Gasteiger partial charge in [-0.15, -0.1) is 0 Å². The van der Waals surface area contributed by atoms with Crippen molar-refractivity contribution < 1.29 is 14.3 Å². The number of hydrogen-bond acceptors (Lipinski definition) is 5. The summed E-state index contributed by atoms with van der Waals surface area (Å²) in [6.45, 7) is 5.02. The lowest BCUT2D eigenvalue weighted by Gasteiger charge is -2.27. The normalized spacial score (nSPS) is 14.8. The van der Waals surface area contributed by atoms with Crippen molar-refractivity contribution in [3.05, 3.63) is 70.9 Å². The number of rotatable bonds is 4. The number of carbonyl (C=O) groups excluding carboxylic acids is 2. The topological polar surface area (TPSA) is 71.5 Å². The molecule has 0 saturated carbocycles. The van der Waals surface area contributed by atoms with Crippen LogP contribution in [0.2, 0.25) is 0 Å². The molecule has 1 atom stereocenters. The molecule has 30 heavy (non-hydrogen) atoms. The van der Waals surface area contributed by atoms with Gasteiger partial charge in [-0.25, -0.2) is 4.79 Å². The van der Waals surface area contributed by atoms with E-state index in [0.29, 0.717) is 17.8 Å². The molecule has 1 aromatic heterocycles. The average Bonchev–Trinajstić information content (AvgIpc) is 2.73. The zero-order valence-electron chi connectivity index (χ0n) is 17.4. The average molecular weight is 403 g/mol. The molecule has 154 valence electrons. The number of esters is 1. The van der Waals surface area contributed by atoms with E-state index in [9.17, 15) is 9.59 Å². The minimum absolute atomic E-state index is 0.359. The molecular formula is C24H25N3O3. The maximum Gasteiger partial charge on any atom is 0.339 e. The fourth-order valence-electron chi connectivity index (χ4n) is 3.78. The van der Waals surface area contributed by atoms with Crippen LogP contribution in [0.3, 0.4) is 0 Å². The quantitative estimate of drug-likeness (QED) is 0.673. The van der Waals surface area contributed by atoms with E-state index in [1.54, 1.807) is 6.92 Å². The lowest BCUT2D eigenvalue weighted by Crippen LogP contribution is -2.32. The number of anilines is 1. The highest BCUT2D eigenvalue weighted by atomic mass is 16.5. The number of benzene rings is 2. The number of ether oxygens (including phenoxy) is 1. The highest BCUT2D eigenvalue weighted by Gasteiger charge is 2.27. The van der Waals surface area contributed by atoms with Gasteiger partial charge in [0.2, 0.25) is 0 Å². The standard InChI is InChI=1S/C24H25N3O3/c1-15-8-4-6-10-19(15)26-23(28)16(2)30-24(29)22-17-9-5-7-11-20(17)25-21-12-13-27(3)14-18(21)22/h4-11,16H,12-14H2,1-3H3,(H,26,28)/t16-/m0/s1. The molecule has 6 nitrogen and oxygen atoms in total. The Bertz CT molecular complexity index is 1130. The van der Waals surface area contributed by atoms with Gasteiger partial charge in [-0.05, 0) is 38.6 Å². The Morgan fingerprint density at radius 3 is 2.67 bits per heavy atom.